The summed E-state index contributed by atoms with van der Waals surface area (Å²) in [5.41, 5.74) is 1.34. The first-order chi connectivity index (χ1) is 10.8. The van der Waals surface area contributed by atoms with Crippen LogP contribution in [0.5, 0.6) is 5.75 Å². The van der Waals surface area contributed by atoms with Crippen molar-refractivity contribution in [3.63, 3.8) is 0 Å². The molecule has 3 aliphatic rings. The second kappa shape index (κ2) is 5.84. The highest BCUT2D eigenvalue weighted by Gasteiger charge is 2.41. The number of benzene rings is 1. The van der Waals surface area contributed by atoms with Gasteiger partial charge >= 0.3 is 0 Å². The van der Waals surface area contributed by atoms with Gasteiger partial charge in [0, 0.05) is 36.4 Å². The monoisotopic (exact) mass is 303 g/mol. The fourth-order valence-electron chi connectivity index (χ4n) is 4.10. The number of hydrogen-bond acceptors (Lipinski definition) is 4. The summed E-state index contributed by atoms with van der Waals surface area (Å²) in [7, 11) is 0. The van der Waals surface area contributed by atoms with Crippen LogP contribution >= 0.6 is 0 Å². The van der Waals surface area contributed by atoms with Crippen molar-refractivity contribution in [2.45, 2.75) is 56.4 Å². The average molecular weight is 303 g/mol. The van der Waals surface area contributed by atoms with Gasteiger partial charge in [-0.2, -0.15) is 0 Å². The summed E-state index contributed by atoms with van der Waals surface area (Å²) < 4.78 is 17.4. The van der Waals surface area contributed by atoms with E-state index in [0.29, 0.717) is 18.0 Å². The zero-order chi connectivity index (χ0) is 15.0. The molecule has 1 spiro atoms. The largest absolute Gasteiger partial charge is 0.493 e. The lowest BCUT2D eigenvalue weighted by atomic mass is 9.88. The Bertz CT molecular complexity index is 517. The van der Waals surface area contributed by atoms with E-state index in [-0.39, 0.29) is 5.79 Å². The lowest BCUT2D eigenvalue weighted by Gasteiger charge is -2.37. The van der Waals surface area contributed by atoms with Crippen LogP contribution in [0.15, 0.2) is 24.3 Å². The van der Waals surface area contributed by atoms with Gasteiger partial charge < -0.3 is 19.5 Å². The van der Waals surface area contributed by atoms with Gasteiger partial charge in [-0.15, -0.1) is 0 Å². The summed E-state index contributed by atoms with van der Waals surface area (Å²) in [6.45, 7) is 4.58. The highest BCUT2D eigenvalue weighted by molar-refractivity contribution is 5.40. The molecule has 1 aliphatic carbocycles. The third kappa shape index (κ3) is 2.64. The van der Waals surface area contributed by atoms with Gasteiger partial charge in [-0.1, -0.05) is 18.2 Å². The molecule has 2 atom stereocenters. The summed E-state index contributed by atoms with van der Waals surface area (Å²) in [5.74, 6) is 1.24. The topological polar surface area (TPSA) is 39.7 Å². The van der Waals surface area contributed by atoms with E-state index < -0.39 is 0 Å². The molecule has 2 heterocycles. The highest BCUT2D eigenvalue weighted by atomic mass is 16.7. The van der Waals surface area contributed by atoms with E-state index in [1.54, 1.807) is 0 Å². The molecular formula is C18H25NO3. The Hall–Kier alpha value is -1.10. The molecule has 120 valence electrons. The SMILES string of the molecule is C[C@H](NC1CCC2(CC1)OCCO2)[C@@H]1COc2ccccc21. The molecule has 1 N–H and O–H groups in total. The van der Waals surface area contributed by atoms with Crippen molar-refractivity contribution in [2.24, 2.45) is 0 Å². The number of ether oxygens (including phenoxy) is 3. The van der Waals surface area contributed by atoms with E-state index in [4.69, 9.17) is 14.2 Å². The first-order valence-electron chi connectivity index (χ1n) is 8.51. The summed E-state index contributed by atoms with van der Waals surface area (Å²) in [4.78, 5) is 0. The van der Waals surface area contributed by atoms with Gasteiger partial charge in [-0.05, 0) is 25.8 Å². The van der Waals surface area contributed by atoms with Crippen LogP contribution < -0.4 is 10.1 Å². The Morgan fingerprint density at radius 1 is 1.14 bits per heavy atom. The smallest absolute Gasteiger partial charge is 0.168 e. The first-order valence-corrected chi connectivity index (χ1v) is 8.51. The van der Waals surface area contributed by atoms with Crippen LogP contribution in [0, 0.1) is 0 Å². The van der Waals surface area contributed by atoms with E-state index in [1.165, 1.54) is 5.56 Å². The summed E-state index contributed by atoms with van der Waals surface area (Å²) in [6, 6.07) is 9.39. The number of hydrogen-bond donors (Lipinski definition) is 1. The van der Waals surface area contributed by atoms with Gasteiger partial charge in [-0.3, -0.25) is 0 Å². The van der Waals surface area contributed by atoms with Crippen LogP contribution in [0.1, 0.15) is 44.1 Å². The lowest BCUT2D eigenvalue weighted by Crippen LogP contribution is -2.46. The second-order valence-corrected chi connectivity index (χ2v) is 6.79. The fraction of sp³-hybridized carbons (Fsp3) is 0.667. The van der Waals surface area contributed by atoms with E-state index in [2.05, 4.69) is 30.4 Å². The number of rotatable bonds is 3. The predicted molar refractivity (Wildman–Crippen MR) is 84.2 cm³/mol. The van der Waals surface area contributed by atoms with Crippen LogP contribution in [-0.2, 0) is 9.47 Å². The molecule has 1 saturated heterocycles. The Morgan fingerprint density at radius 3 is 2.64 bits per heavy atom. The molecule has 4 nitrogen and oxygen atoms in total. The van der Waals surface area contributed by atoms with Crippen molar-refractivity contribution in [3.05, 3.63) is 29.8 Å². The molecule has 4 rings (SSSR count). The Balaban J connectivity index is 1.34. The molecule has 0 radical (unpaired) electrons. The quantitative estimate of drug-likeness (QED) is 0.932. The zero-order valence-electron chi connectivity index (χ0n) is 13.2. The lowest BCUT2D eigenvalue weighted by molar-refractivity contribution is -0.179. The van der Waals surface area contributed by atoms with Gasteiger partial charge in [0.1, 0.15) is 5.75 Å². The molecule has 2 aliphatic heterocycles. The molecule has 0 aromatic heterocycles. The Kier molecular flexibility index (Phi) is 3.84. The summed E-state index contributed by atoms with van der Waals surface area (Å²) in [5, 5.41) is 3.82. The van der Waals surface area contributed by atoms with Gasteiger partial charge in [0.2, 0.25) is 0 Å². The first kappa shape index (κ1) is 14.5. The van der Waals surface area contributed by atoms with Gasteiger partial charge in [0.05, 0.1) is 19.8 Å². The maximum absolute atomic E-state index is 5.82. The molecule has 2 fully saturated rings. The van der Waals surface area contributed by atoms with Crippen LogP contribution in [0.3, 0.4) is 0 Å². The van der Waals surface area contributed by atoms with Crippen molar-refractivity contribution in [2.75, 3.05) is 19.8 Å². The maximum Gasteiger partial charge on any atom is 0.168 e. The van der Waals surface area contributed by atoms with Gasteiger partial charge in [-0.25, -0.2) is 0 Å². The van der Waals surface area contributed by atoms with Crippen molar-refractivity contribution in [1.82, 2.24) is 5.32 Å². The minimum atomic E-state index is -0.259. The second-order valence-electron chi connectivity index (χ2n) is 6.79. The van der Waals surface area contributed by atoms with Crippen LogP contribution in [0.2, 0.25) is 0 Å². The Labute approximate surface area is 132 Å². The molecule has 1 saturated carbocycles. The molecule has 1 aromatic rings. The number of nitrogens with one attached hydrogen (secondary N) is 1. The number of fused-ring (bicyclic) bond motifs is 1. The minimum Gasteiger partial charge on any atom is -0.493 e. The highest BCUT2D eigenvalue weighted by Crippen LogP contribution is 2.38. The van der Waals surface area contributed by atoms with Crippen molar-refractivity contribution < 1.29 is 14.2 Å². The third-order valence-electron chi connectivity index (χ3n) is 5.40. The van der Waals surface area contributed by atoms with Crippen LogP contribution in [-0.4, -0.2) is 37.7 Å². The maximum atomic E-state index is 5.82. The van der Waals surface area contributed by atoms with E-state index in [1.807, 2.05) is 6.07 Å². The zero-order valence-corrected chi connectivity index (χ0v) is 13.2. The van der Waals surface area contributed by atoms with Crippen LogP contribution in [0.4, 0.5) is 0 Å². The summed E-state index contributed by atoms with van der Waals surface area (Å²) >= 11 is 0. The van der Waals surface area contributed by atoms with E-state index in [0.717, 1.165) is 51.3 Å². The van der Waals surface area contributed by atoms with Crippen molar-refractivity contribution >= 4 is 0 Å². The predicted octanol–water partition coefficient (Wildman–Crippen LogP) is 2.83. The molecule has 22 heavy (non-hydrogen) atoms. The van der Waals surface area contributed by atoms with E-state index in [9.17, 15) is 0 Å². The standard InChI is InChI=1S/C18H25NO3/c1-13(16-12-20-17-5-3-2-4-15(16)17)19-14-6-8-18(9-7-14)21-10-11-22-18/h2-5,13-14,16,19H,6-12H2,1H3/t13-,16-/m0/s1. The molecule has 0 unspecified atom stereocenters. The average Bonchev–Trinajstić information content (AvgIpc) is 3.17. The van der Waals surface area contributed by atoms with E-state index >= 15 is 0 Å². The minimum absolute atomic E-state index is 0.259. The third-order valence-corrected chi connectivity index (χ3v) is 5.40. The molecule has 0 amide bonds. The van der Waals surface area contributed by atoms with Crippen LogP contribution in [0.25, 0.3) is 0 Å². The fourth-order valence-corrected chi connectivity index (χ4v) is 4.10. The normalized spacial score (nSPS) is 28.5. The van der Waals surface area contributed by atoms with Crippen molar-refractivity contribution in [1.29, 1.82) is 0 Å². The Morgan fingerprint density at radius 2 is 1.86 bits per heavy atom. The van der Waals surface area contributed by atoms with Gasteiger partial charge in [0.15, 0.2) is 5.79 Å². The molecule has 0 bridgehead atoms. The molecule has 1 aromatic carbocycles. The molecular weight excluding hydrogens is 278 g/mol. The van der Waals surface area contributed by atoms with Crippen molar-refractivity contribution in [3.8, 4) is 5.75 Å². The van der Waals surface area contributed by atoms with Gasteiger partial charge in [0.25, 0.3) is 0 Å². The number of para-hydroxylation sites is 1. The molecule has 4 heteroatoms. The summed E-state index contributed by atoms with van der Waals surface area (Å²) in [6.07, 6.45) is 4.27.